The number of nitrogens with zero attached hydrogens (tertiary/aromatic N) is 2. The number of hydrogen-bond donors (Lipinski definition) is 1. The highest BCUT2D eigenvalue weighted by Gasteiger charge is 2.20. The summed E-state index contributed by atoms with van der Waals surface area (Å²) in [7, 11) is 1.69. The number of amides is 1. The van der Waals surface area contributed by atoms with Crippen molar-refractivity contribution in [3.05, 3.63) is 27.7 Å². The van der Waals surface area contributed by atoms with E-state index in [-0.39, 0.29) is 5.91 Å². The maximum atomic E-state index is 12.3. The average Bonchev–Trinajstić information content (AvgIpc) is 2.88. The molecular weight excluding hydrogens is 262 g/mol. The van der Waals surface area contributed by atoms with Gasteiger partial charge in [-0.15, -0.1) is 11.3 Å². The summed E-state index contributed by atoms with van der Waals surface area (Å²) in [5, 5.41) is 2.75. The molecule has 0 saturated heterocycles. The van der Waals surface area contributed by atoms with Gasteiger partial charge in [-0.25, -0.2) is 4.98 Å². The third-order valence-electron chi connectivity index (χ3n) is 3.05. The van der Waals surface area contributed by atoms with E-state index in [0.29, 0.717) is 25.4 Å². The molecule has 0 spiro atoms. The molecule has 0 aromatic carbocycles. The van der Waals surface area contributed by atoms with Gasteiger partial charge in [-0.05, 0) is 18.5 Å². The Morgan fingerprint density at radius 1 is 1.63 bits per heavy atom. The Labute approximate surface area is 117 Å². The molecule has 0 atom stereocenters. The molecule has 1 aliphatic heterocycles. The lowest BCUT2D eigenvalue weighted by Gasteiger charge is -2.25. The van der Waals surface area contributed by atoms with Crippen LogP contribution in [0.15, 0.2) is 17.0 Å². The number of methoxy groups -OCH3 is 1. The van der Waals surface area contributed by atoms with Gasteiger partial charge >= 0.3 is 0 Å². The summed E-state index contributed by atoms with van der Waals surface area (Å²) in [4.78, 5) is 18.4. The van der Waals surface area contributed by atoms with Gasteiger partial charge in [0.15, 0.2) is 0 Å². The van der Waals surface area contributed by atoms with Crippen LogP contribution >= 0.6 is 11.3 Å². The van der Waals surface area contributed by atoms with Crippen LogP contribution in [0.2, 0.25) is 0 Å². The van der Waals surface area contributed by atoms with Gasteiger partial charge in [0, 0.05) is 32.0 Å². The van der Waals surface area contributed by atoms with Crippen LogP contribution in [0.1, 0.15) is 21.9 Å². The molecule has 0 unspecified atom stereocenters. The van der Waals surface area contributed by atoms with Crippen molar-refractivity contribution in [1.29, 1.82) is 0 Å². The van der Waals surface area contributed by atoms with Crippen molar-refractivity contribution in [3.63, 3.8) is 0 Å². The minimum Gasteiger partial charge on any atom is -0.380 e. The Morgan fingerprint density at radius 2 is 2.47 bits per heavy atom. The largest absolute Gasteiger partial charge is 0.380 e. The minimum atomic E-state index is 0.00670. The first kappa shape index (κ1) is 14.2. The molecule has 0 bridgehead atoms. The molecule has 6 heteroatoms. The van der Waals surface area contributed by atoms with Crippen LogP contribution in [0.3, 0.4) is 0 Å². The maximum absolute atomic E-state index is 12.3. The van der Waals surface area contributed by atoms with E-state index in [9.17, 15) is 4.79 Å². The summed E-state index contributed by atoms with van der Waals surface area (Å²) >= 11 is 1.50. The molecule has 0 aliphatic carbocycles. The number of nitrogens with two attached hydrogens (primary N) is 1. The molecule has 1 aromatic rings. The zero-order chi connectivity index (χ0) is 13.7. The second kappa shape index (κ2) is 6.79. The summed E-state index contributed by atoms with van der Waals surface area (Å²) in [6, 6.07) is 0. The molecule has 2 heterocycles. The minimum absolute atomic E-state index is 0.00670. The molecule has 104 valence electrons. The van der Waals surface area contributed by atoms with E-state index in [4.69, 9.17) is 10.5 Å². The van der Waals surface area contributed by atoms with E-state index in [2.05, 4.69) is 11.1 Å². The number of hydrogen-bond acceptors (Lipinski definition) is 5. The number of rotatable bonds is 5. The summed E-state index contributed by atoms with van der Waals surface area (Å²) in [5.74, 6) is 0.00670. The molecule has 0 radical (unpaired) electrons. The normalized spacial score (nSPS) is 15.5. The third kappa shape index (κ3) is 3.62. The zero-order valence-corrected chi connectivity index (χ0v) is 11.9. The van der Waals surface area contributed by atoms with Crippen molar-refractivity contribution in [2.75, 3.05) is 33.4 Å². The van der Waals surface area contributed by atoms with E-state index in [1.165, 1.54) is 16.9 Å². The second-order valence-corrected chi connectivity index (χ2v) is 5.40. The van der Waals surface area contributed by atoms with Crippen LogP contribution < -0.4 is 5.73 Å². The Morgan fingerprint density at radius 3 is 3.11 bits per heavy atom. The molecule has 0 saturated carbocycles. The SMILES string of the molecule is COCC1=CCN(C(=O)c2csc(CCN)n2)CC1. The van der Waals surface area contributed by atoms with E-state index in [1.807, 2.05) is 10.3 Å². The van der Waals surface area contributed by atoms with Crippen molar-refractivity contribution in [3.8, 4) is 0 Å². The van der Waals surface area contributed by atoms with E-state index in [1.54, 1.807) is 7.11 Å². The van der Waals surface area contributed by atoms with Crippen molar-refractivity contribution < 1.29 is 9.53 Å². The van der Waals surface area contributed by atoms with Crippen molar-refractivity contribution in [2.24, 2.45) is 5.73 Å². The predicted molar refractivity (Wildman–Crippen MR) is 75.4 cm³/mol. The molecule has 1 amide bonds. The smallest absolute Gasteiger partial charge is 0.273 e. The van der Waals surface area contributed by atoms with Gasteiger partial charge in [-0.1, -0.05) is 6.08 Å². The summed E-state index contributed by atoms with van der Waals surface area (Å²) in [6.07, 6.45) is 3.67. The van der Waals surface area contributed by atoms with Crippen molar-refractivity contribution >= 4 is 17.2 Å². The molecule has 19 heavy (non-hydrogen) atoms. The second-order valence-electron chi connectivity index (χ2n) is 4.46. The Kier molecular flexibility index (Phi) is 5.07. The van der Waals surface area contributed by atoms with Crippen molar-refractivity contribution in [2.45, 2.75) is 12.8 Å². The Hall–Kier alpha value is -1.24. The first-order valence-corrected chi connectivity index (χ1v) is 7.23. The van der Waals surface area contributed by atoms with E-state index < -0.39 is 0 Å². The first-order chi connectivity index (χ1) is 9.24. The highest BCUT2D eigenvalue weighted by Crippen LogP contribution is 2.16. The fourth-order valence-electron chi connectivity index (χ4n) is 2.02. The molecule has 2 N–H and O–H groups in total. The first-order valence-electron chi connectivity index (χ1n) is 6.35. The lowest BCUT2D eigenvalue weighted by molar-refractivity contribution is 0.0759. The van der Waals surface area contributed by atoms with Crippen LogP contribution in [0.5, 0.6) is 0 Å². The molecule has 1 aromatic heterocycles. The molecular formula is C13H19N3O2S. The number of ether oxygens (including phenoxy) is 1. The number of carbonyl (C=O) groups excluding carboxylic acids is 1. The fraction of sp³-hybridized carbons (Fsp3) is 0.538. The van der Waals surface area contributed by atoms with Gasteiger partial charge in [-0.2, -0.15) is 0 Å². The predicted octanol–water partition coefficient (Wildman–Crippen LogP) is 1.06. The summed E-state index contributed by atoms with van der Waals surface area (Å²) < 4.78 is 5.10. The van der Waals surface area contributed by atoms with Crippen LogP contribution in [0.4, 0.5) is 0 Å². The Bertz CT molecular complexity index is 470. The van der Waals surface area contributed by atoms with Gasteiger partial charge in [0.1, 0.15) is 5.69 Å². The molecule has 1 aliphatic rings. The van der Waals surface area contributed by atoms with E-state index in [0.717, 1.165) is 24.4 Å². The highest BCUT2D eigenvalue weighted by molar-refractivity contribution is 7.09. The highest BCUT2D eigenvalue weighted by atomic mass is 32.1. The van der Waals surface area contributed by atoms with Gasteiger partial charge in [0.25, 0.3) is 5.91 Å². The van der Waals surface area contributed by atoms with Crippen LogP contribution in [0.25, 0.3) is 0 Å². The van der Waals surface area contributed by atoms with Gasteiger partial charge in [-0.3, -0.25) is 4.79 Å². The number of thiazole rings is 1. The van der Waals surface area contributed by atoms with Crippen molar-refractivity contribution in [1.82, 2.24) is 9.88 Å². The standard InChI is InChI=1S/C13H19N3O2S/c1-18-8-10-3-6-16(7-4-10)13(17)11-9-19-12(15-11)2-5-14/h3,9H,2,4-8,14H2,1H3. The van der Waals surface area contributed by atoms with Gasteiger partial charge in [0.2, 0.25) is 0 Å². The Balaban J connectivity index is 1.96. The fourth-order valence-corrected chi connectivity index (χ4v) is 2.81. The summed E-state index contributed by atoms with van der Waals surface area (Å²) in [5.41, 5.74) is 7.28. The lowest BCUT2D eigenvalue weighted by Crippen LogP contribution is -2.35. The van der Waals surface area contributed by atoms with E-state index >= 15 is 0 Å². The zero-order valence-electron chi connectivity index (χ0n) is 11.1. The molecule has 5 nitrogen and oxygen atoms in total. The number of carbonyl (C=O) groups is 1. The van der Waals surface area contributed by atoms with Gasteiger partial charge < -0.3 is 15.4 Å². The van der Waals surface area contributed by atoms with Gasteiger partial charge in [0.05, 0.1) is 11.6 Å². The van der Waals surface area contributed by atoms with Crippen LogP contribution in [0, 0.1) is 0 Å². The van der Waals surface area contributed by atoms with Crippen LogP contribution in [-0.2, 0) is 11.2 Å². The lowest BCUT2D eigenvalue weighted by atomic mass is 10.1. The maximum Gasteiger partial charge on any atom is 0.273 e. The summed E-state index contributed by atoms with van der Waals surface area (Å²) in [6.45, 7) is 2.59. The topological polar surface area (TPSA) is 68.5 Å². The van der Waals surface area contributed by atoms with Crippen LogP contribution in [-0.4, -0.2) is 49.1 Å². The average molecular weight is 281 g/mol. The third-order valence-corrected chi connectivity index (χ3v) is 3.96. The molecule has 0 fully saturated rings. The number of aromatic nitrogens is 1. The molecule has 2 rings (SSSR count). The monoisotopic (exact) mass is 281 g/mol. The quantitative estimate of drug-likeness (QED) is 0.820.